The monoisotopic (exact) mass is 362 g/mol. The van der Waals surface area contributed by atoms with Gasteiger partial charge in [-0.15, -0.1) is 0 Å². The second-order valence-electron chi connectivity index (χ2n) is 6.08. The molecule has 3 rings (SSSR count). The van der Waals surface area contributed by atoms with E-state index in [0.717, 1.165) is 17.3 Å². The highest BCUT2D eigenvalue weighted by molar-refractivity contribution is 6.05. The fraction of sp³-hybridized carbons (Fsp3) is 0.278. The van der Waals surface area contributed by atoms with E-state index in [1.165, 1.54) is 12.1 Å². The summed E-state index contributed by atoms with van der Waals surface area (Å²) in [5, 5.41) is 7.41. The number of nitrogens with one attached hydrogen (secondary N) is 1. The summed E-state index contributed by atoms with van der Waals surface area (Å²) < 4.78 is 40.6. The van der Waals surface area contributed by atoms with Gasteiger partial charge in [-0.25, -0.2) is 4.98 Å². The number of pyridine rings is 1. The lowest BCUT2D eigenvalue weighted by atomic mass is 10.1. The molecule has 8 heteroatoms. The number of halogens is 3. The molecule has 1 unspecified atom stereocenters. The van der Waals surface area contributed by atoms with Crippen molar-refractivity contribution < 1.29 is 18.0 Å². The Labute approximate surface area is 147 Å². The Bertz CT molecular complexity index is 978. The summed E-state index contributed by atoms with van der Waals surface area (Å²) in [4.78, 5) is 16.3. The van der Waals surface area contributed by atoms with Gasteiger partial charge in [-0.3, -0.25) is 9.48 Å². The van der Waals surface area contributed by atoms with Gasteiger partial charge in [0.15, 0.2) is 0 Å². The molecule has 5 nitrogen and oxygen atoms in total. The van der Waals surface area contributed by atoms with Crippen LogP contribution in [0.5, 0.6) is 0 Å². The normalized spacial score (nSPS) is 13.0. The highest BCUT2D eigenvalue weighted by Gasteiger charge is 2.33. The minimum atomic E-state index is -4.57. The summed E-state index contributed by atoms with van der Waals surface area (Å²) in [6, 6.07) is 6.58. The topological polar surface area (TPSA) is 59.8 Å². The fourth-order valence-electron chi connectivity index (χ4n) is 2.78. The van der Waals surface area contributed by atoms with Crippen molar-refractivity contribution in [2.45, 2.75) is 26.1 Å². The first-order valence-corrected chi connectivity index (χ1v) is 7.95. The number of alkyl halides is 3. The van der Waals surface area contributed by atoms with E-state index in [4.69, 9.17) is 0 Å². The predicted molar refractivity (Wildman–Crippen MR) is 90.6 cm³/mol. The summed E-state index contributed by atoms with van der Waals surface area (Å²) in [6.45, 7) is 3.67. The van der Waals surface area contributed by atoms with Crippen LogP contribution in [0.3, 0.4) is 0 Å². The Morgan fingerprint density at radius 3 is 2.58 bits per heavy atom. The summed E-state index contributed by atoms with van der Waals surface area (Å²) in [6.07, 6.45) is -2.92. The number of fused-ring (bicyclic) bond motifs is 1. The van der Waals surface area contributed by atoms with Crippen molar-refractivity contribution in [2.75, 3.05) is 0 Å². The lowest BCUT2D eigenvalue weighted by Crippen LogP contribution is -2.27. The van der Waals surface area contributed by atoms with E-state index < -0.39 is 17.8 Å². The number of carbonyl (C=O) groups excluding carboxylic acids is 1. The zero-order valence-electron chi connectivity index (χ0n) is 14.4. The molecule has 0 saturated heterocycles. The van der Waals surface area contributed by atoms with Gasteiger partial charge in [0.05, 0.1) is 23.3 Å². The Morgan fingerprint density at radius 1 is 1.23 bits per heavy atom. The van der Waals surface area contributed by atoms with Gasteiger partial charge < -0.3 is 5.32 Å². The summed E-state index contributed by atoms with van der Waals surface area (Å²) in [7, 11) is 1.79. The summed E-state index contributed by atoms with van der Waals surface area (Å²) in [5.41, 5.74) is 0.830. The third-order valence-electron chi connectivity index (χ3n) is 4.34. The average molecular weight is 362 g/mol. The number of para-hydroxylation sites is 1. The van der Waals surface area contributed by atoms with Crippen LogP contribution in [0.4, 0.5) is 13.2 Å². The molecule has 3 aromatic rings. The largest absolute Gasteiger partial charge is 0.433 e. The highest BCUT2D eigenvalue weighted by Crippen LogP contribution is 2.30. The molecule has 0 aliphatic heterocycles. The smallest absolute Gasteiger partial charge is 0.345 e. The quantitative estimate of drug-likeness (QED) is 0.771. The molecule has 0 radical (unpaired) electrons. The molecular weight excluding hydrogens is 345 g/mol. The minimum absolute atomic E-state index is 0.0231. The third kappa shape index (κ3) is 3.26. The van der Waals surface area contributed by atoms with Gasteiger partial charge in [0.1, 0.15) is 5.69 Å². The van der Waals surface area contributed by atoms with Crippen LogP contribution in [-0.2, 0) is 13.2 Å². The van der Waals surface area contributed by atoms with Crippen molar-refractivity contribution in [3.8, 4) is 0 Å². The number of carbonyl (C=O) groups is 1. The van der Waals surface area contributed by atoms with Gasteiger partial charge in [-0.1, -0.05) is 18.2 Å². The average Bonchev–Trinajstić information content (AvgIpc) is 2.92. The Morgan fingerprint density at radius 2 is 1.96 bits per heavy atom. The molecule has 26 heavy (non-hydrogen) atoms. The predicted octanol–water partition coefficient (Wildman–Crippen LogP) is 3.79. The first kappa shape index (κ1) is 17.9. The second-order valence-corrected chi connectivity index (χ2v) is 6.08. The summed E-state index contributed by atoms with van der Waals surface area (Å²) >= 11 is 0. The summed E-state index contributed by atoms with van der Waals surface area (Å²) in [5.74, 6) is -0.488. The molecule has 1 amide bonds. The van der Waals surface area contributed by atoms with Gasteiger partial charge in [0, 0.05) is 23.7 Å². The molecule has 2 heterocycles. The van der Waals surface area contributed by atoms with Crippen LogP contribution >= 0.6 is 0 Å². The van der Waals surface area contributed by atoms with E-state index in [1.54, 1.807) is 37.0 Å². The molecule has 2 aromatic heterocycles. The maximum Gasteiger partial charge on any atom is 0.433 e. The first-order chi connectivity index (χ1) is 12.2. The molecule has 136 valence electrons. The highest BCUT2D eigenvalue weighted by atomic mass is 19.4. The third-order valence-corrected chi connectivity index (χ3v) is 4.34. The standard InChI is InChI=1S/C18H17F3N4O/c1-10(14-9-22-25(3)11(14)2)23-17(26)13-6-4-5-12-7-8-15(18(19,20)21)24-16(12)13/h4-10H,1-3H3,(H,23,26). The number of hydrogen-bond donors (Lipinski definition) is 1. The molecular formula is C18H17F3N4O. The van der Waals surface area contributed by atoms with Gasteiger partial charge in [-0.05, 0) is 26.0 Å². The zero-order valence-corrected chi connectivity index (χ0v) is 14.4. The Balaban J connectivity index is 1.96. The number of rotatable bonds is 3. The van der Waals surface area contributed by atoms with Crippen molar-refractivity contribution in [1.29, 1.82) is 0 Å². The van der Waals surface area contributed by atoms with Crippen LogP contribution in [-0.4, -0.2) is 20.7 Å². The Kier molecular flexibility index (Phi) is 4.43. The molecule has 0 fully saturated rings. The van der Waals surface area contributed by atoms with E-state index in [1.807, 2.05) is 6.92 Å². The van der Waals surface area contributed by atoms with Crippen molar-refractivity contribution in [3.63, 3.8) is 0 Å². The number of aromatic nitrogens is 3. The second kappa shape index (κ2) is 6.44. The number of aryl methyl sites for hydroxylation is 1. The molecule has 1 aromatic carbocycles. The lowest BCUT2D eigenvalue weighted by Gasteiger charge is -2.15. The van der Waals surface area contributed by atoms with Gasteiger partial charge in [0.25, 0.3) is 5.91 Å². The molecule has 0 aliphatic rings. The van der Waals surface area contributed by atoms with E-state index in [9.17, 15) is 18.0 Å². The van der Waals surface area contributed by atoms with E-state index in [0.29, 0.717) is 5.39 Å². The number of nitrogens with zero attached hydrogens (tertiary/aromatic N) is 3. The first-order valence-electron chi connectivity index (χ1n) is 7.95. The maximum absolute atomic E-state index is 13.0. The van der Waals surface area contributed by atoms with Crippen LogP contribution in [0.25, 0.3) is 10.9 Å². The van der Waals surface area contributed by atoms with Crippen molar-refractivity contribution in [2.24, 2.45) is 7.05 Å². The van der Waals surface area contributed by atoms with Crippen molar-refractivity contribution >= 4 is 16.8 Å². The molecule has 0 spiro atoms. The molecule has 0 saturated carbocycles. The molecule has 1 N–H and O–H groups in total. The maximum atomic E-state index is 13.0. The SMILES string of the molecule is Cc1c(C(C)NC(=O)c2cccc3ccc(C(F)(F)F)nc23)cnn1C. The minimum Gasteiger partial charge on any atom is -0.345 e. The van der Waals surface area contributed by atoms with Crippen molar-refractivity contribution in [3.05, 3.63) is 59.0 Å². The number of benzene rings is 1. The van der Waals surface area contributed by atoms with Crippen molar-refractivity contribution in [1.82, 2.24) is 20.1 Å². The lowest BCUT2D eigenvalue weighted by molar-refractivity contribution is -0.140. The fourth-order valence-corrected chi connectivity index (χ4v) is 2.78. The van der Waals surface area contributed by atoms with Gasteiger partial charge in [-0.2, -0.15) is 18.3 Å². The van der Waals surface area contributed by atoms with Crippen LogP contribution in [0.15, 0.2) is 36.5 Å². The molecule has 0 aliphatic carbocycles. The molecule has 0 bridgehead atoms. The van der Waals surface area contributed by atoms with E-state index in [-0.39, 0.29) is 17.1 Å². The van der Waals surface area contributed by atoms with E-state index in [2.05, 4.69) is 15.4 Å². The zero-order chi connectivity index (χ0) is 19.1. The van der Waals surface area contributed by atoms with Crippen LogP contribution < -0.4 is 5.32 Å². The molecule has 1 atom stereocenters. The Hall–Kier alpha value is -2.90. The van der Waals surface area contributed by atoms with Gasteiger partial charge in [0.2, 0.25) is 0 Å². The van der Waals surface area contributed by atoms with Crippen LogP contribution in [0.1, 0.15) is 40.3 Å². The number of amides is 1. The van der Waals surface area contributed by atoms with E-state index >= 15 is 0 Å². The van der Waals surface area contributed by atoms with Gasteiger partial charge >= 0.3 is 6.18 Å². The van der Waals surface area contributed by atoms with Crippen LogP contribution in [0.2, 0.25) is 0 Å². The van der Waals surface area contributed by atoms with Crippen LogP contribution in [0, 0.1) is 6.92 Å². The number of hydrogen-bond acceptors (Lipinski definition) is 3.